The Balaban J connectivity index is 1.14. The van der Waals surface area contributed by atoms with Gasteiger partial charge in [-0.3, -0.25) is 14.8 Å². The number of pyridine rings is 2. The molecule has 4 aliphatic rings. The number of rotatable bonds is 15. The zero-order valence-corrected chi connectivity index (χ0v) is 50.8. The molecule has 1 amide bonds. The highest BCUT2D eigenvalue weighted by Crippen LogP contribution is 2.46. The molecule has 7 aromatic rings. The summed E-state index contributed by atoms with van der Waals surface area (Å²) < 4.78 is 58.3. The molecule has 2 bridgehead atoms. The van der Waals surface area contributed by atoms with Crippen LogP contribution in [0.2, 0.25) is 16.6 Å². The van der Waals surface area contributed by atoms with Gasteiger partial charge in [0, 0.05) is 63.2 Å². The highest BCUT2D eigenvalue weighted by Gasteiger charge is 2.50. The van der Waals surface area contributed by atoms with E-state index in [1.807, 2.05) is 73.7 Å². The van der Waals surface area contributed by atoms with Crippen molar-refractivity contribution >= 4 is 58.5 Å². The quantitative estimate of drug-likeness (QED) is 0.0717. The minimum absolute atomic E-state index is 0.114. The third-order valence-corrected chi connectivity index (χ3v) is 24.4. The summed E-state index contributed by atoms with van der Waals surface area (Å²) in [5.74, 6) is 5.97. The average Bonchev–Trinajstić information content (AvgIpc) is 4.37. The molecule has 4 saturated heterocycles. The lowest BCUT2D eigenvalue weighted by atomic mass is 9.95. The van der Waals surface area contributed by atoms with Crippen LogP contribution in [0.25, 0.3) is 44.1 Å². The zero-order chi connectivity index (χ0) is 58.0. The molecule has 4 atom stereocenters. The molecular formula is C65H79F2N9O5Si. The number of aromatic nitrogens is 5. The first-order valence-corrected chi connectivity index (χ1v) is 31.5. The fourth-order valence-corrected chi connectivity index (χ4v) is 19.5. The van der Waals surface area contributed by atoms with Gasteiger partial charge in [-0.25, -0.2) is 18.6 Å². The van der Waals surface area contributed by atoms with Gasteiger partial charge in [-0.2, -0.15) is 9.97 Å². The van der Waals surface area contributed by atoms with Crippen LogP contribution in [0.15, 0.2) is 79.0 Å². The van der Waals surface area contributed by atoms with Crippen molar-refractivity contribution < 1.29 is 32.5 Å². The van der Waals surface area contributed by atoms with Crippen molar-refractivity contribution in [1.29, 1.82) is 0 Å². The lowest BCUT2D eigenvalue weighted by molar-refractivity contribution is 0.0122. The summed E-state index contributed by atoms with van der Waals surface area (Å²) in [5, 5.41) is 2.95. The first-order chi connectivity index (χ1) is 39.2. The standard InChI is InChI=1S/C65H79F2N9O5Si/c1-40(2)82(41(3)4,42(5)6)31-27-51-53(67)25-18-45-32-54(73(34-43-14-21-49(78-11)22-15-43)35-44-16-23-50(79-12)24-17-44)69-57(55(45)51)58-59-52(26-29-68-58)56-60(72(59)10)70-62(80-39-65-28-13-30-75(65)36-46(66)33-65)71-61(56)74-37-47-19-20-48(38-74)76(47)63(77)81-64(7,8)9/h14-18,21-26,29,32,40-42,46-48H,13,19-20,28,30,33-39H2,1-12H3/t46-,47-,48+,65+/m1/s1. The van der Waals surface area contributed by atoms with Gasteiger partial charge >= 0.3 is 12.1 Å². The van der Waals surface area contributed by atoms with Crippen LogP contribution in [0.3, 0.4) is 0 Å². The largest absolute Gasteiger partial charge is 0.497 e. The molecule has 8 heterocycles. The Hall–Kier alpha value is -7.03. The van der Waals surface area contributed by atoms with Crippen molar-refractivity contribution in [3.05, 3.63) is 102 Å². The topological polar surface area (TPSA) is 123 Å². The Morgan fingerprint density at radius 3 is 2.06 bits per heavy atom. The predicted molar refractivity (Wildman–Crippen MR) is 324 cm³/mol. The Bertz CT molecular complexity index is 3510. The maximum absolute atomic E-state index is 17.3. The lowest BCUT2D eigenvalue weighted by Crippen LogP contribution is -2.57. The number of hydrogen-bond acceptors (Lipinski definition) is 12. The van der Waals surface area contributed by atoms with Crippen molar-refractivity contribution in [3.63, 3.8) is 0 Å². The van der Waals surface area contributed by atoms with Crippen LogP contribution < -0.4 is 24.0 Å². The first-order valence-electron chi connectivity index (χ1n) is 29.3. The Morgan fingerprint density at radius 2 is 1.46 bits per heavy atom. The molecule has 14 nitrogen and oxygen atoms in total. The van der Waals surface area contributed by atoms with Crippen molar-refractivity contribution in [2.45, 2.75) is 154 Å². The number of fused-ring (bicyclic) bond motifs is 7. The number of alkyl halides is 1. The molecule has 0 unspecified atom stereocenters. The van der Waals surface area contributed by atoms with Gasteiger partial charge < -0.3 is 33.3 Å². The molecule has 0 radical (unpaired) electrons. The second-order valence-corrected chi connectivity index (χ2v) is 30.8. The number of carbonyl (C=O) groups is 1. The fraction of sp³-hybridized carbons (Fsp3) is 0.492. The third-order valence-electron chi connectivity index (χ3n) is 18.1. The number of benzene rings is 3. The molecule has 0 N–H and O–H groups in total. The van der Waals surface area contributed by atoms with E-state index in [1.165, 1.54) is 6.07 Å². The number of amides is 1. The van der Waals surface area contributed by atoms with Gasteiger partial charge in [0.25, 0.3) is 0 Å². The molecule has 3 aromatic carbocycles. The number of nitrogens with zero attached hydrogens (tertiary/aromatic N) is 9. The van der Waals surface area contributed by atoms with Crippen LogP contribution in [0.5, 0.6) is 17.5 Å². The number of hydrogen-bond donors (Lipinski definition) is 0. The minimum atomic E-state index is -2.38. The van der Waals surface area contributed by atoms with Crippen LogP contribution in [-0.2, 0) is 24.9 Å². The van der Waals surface area contributed by atoms with Crippen LogP contribution in [0.1, 0.15) is 111 Å². The third kappa shape index (κ3) is 10.5. The fourth-order valence-electron chi connectivity index (χ4n) is 14.3. The summed E-state index contributed by atoms with van der Waals surface area (Å²) in [7, 11) is 2.92. The molecule has 0 saturated carbocycles. The van der Waals surface area contributed by atoms with E-state index in [-0.39, 0.29) is 36.4 Å². The molecule has 4 fully saturated rings. The number of ether oxygens (including phenoxy) is 4. The van der Waals surface area contributed by atoms with Gasteiger partial charge in [-0.15, -0.1) is 5.54 Å². The van der Waals surface area contributed by atoms with Gasteiger partial charge in [-0.05, 0) is 129 Å². The van der Waals surface area contributed by atoms with E-state index in [9.17, 15) is 4.79 Å². The van der Waals surface area contributed by atoms with E-state index in [2.05, 4.69) is 98.0 Å². The molecule has 4 aromatic heterocycles. The Kier molecular flexibility index (Phi) is 15.4. The molecule has 17 heteroatoms. The maximum Gasteiger partial charge on any atom is 0.410 e. The molecule has 0 spiro atoms. The second kappa shape index (κ2) is 22.3. The van der Waals surface area contributed by atoms with Crippen LogP contribution in [0.4, 0.5) is 25.2 Å². The summed E-state index contributed by atoms with van der Waals surface area (Å²) in [4.78, 5) is 44.0. The first kappa shape index (κ1) is 56.8. The van der Waals surface area contributed by atoms with Crippen molar-refractivity contribution in [3.8, 4) is 40.4 Å². The van der Waals surface area contributed by atoms with E-state index in [4.69, 9.17) is 38.9 Å². The van der Waals surface area contributed by atoms with Gasteiger partial charge in [-0.1, -0.05) is 77.8 Å². The highest BCUT2D eigenvalue weighted by molar-refractivity contribution is 6.90. The Morgan fingerprint density at radius 1 is 0.829 bits per heavy atom. The molecule has 432 valence electrons. The lowest BCUT2D eigenvalue weighted by Gasteiger charge is -2.42. The normalized spacial score (nSPS) is 20.1. The van der Waals surface area contributed by atoms with Crippen LogP contribution in [0, 0.1) is 17.3 Å². The summed E-state index contributed by atoms with van der Waals surface area (Å²) in [6.45, 7) is 22.7. The molecule has 82 heavy (non-hydrogen) atoms. The second-order valence-electron chi connectivity index (χ2n) is 25.2. The van der Waals surface area contributed by atoms with Crippen molar-refractivity contribution in [1.82, 2.24) is 34.3 Å². The summed E-state index contributed by atoms with van der Waals surface area (Å²) >= 11 is 0. The molecule has 11 rings (SSSR count). The number of methoxy groups -OCH3 is 2. The van der Waals surface area contributed by atoms with E-state index in [0.29, 0.717) is 89.8 Å². The SMILES string of the molecule is COc1ccc(CN(Cc2ccc(OC)cc2)c2cc3ccc(F)c(C#C[Si](C(C)C)(C(C)C)C(C)C)c3c(-c3nccc4c5c(N6C[C@H]7CC[C@@H](C6)N7C(=O)OC(C)(C)C)nc(OC[C@@]67CCCN6C[C@H](F)C7)nc5n(C)c34)n2)cc1. The number of halogens is 2. The molecular weight excluding hydrogens is 1050 g/mol. The van der Waals surface area contributed by atoms with Crippen molar-refractivity contribution in [2.24, 2.45) is 7.05 Å². The number of aryl methyl sites for hydroxylation is 1. The summed E-state index contributed by atoms with van der Waals surface area (Å²) in [5.41, 5.74) is 8.41. The zero-order valence-electron chi connectivity index (χ0n) is 49.8. The minimum Gasteiger partial charge on any atom is -0.497 e. The van der Waals surface area contributed by atoms with Crippen LogP contribution in [-0.4, -0.2) is 125 Å². The van der Waals surface area contributed by atoms with Crippen LogP contribution >= 0.6 is 0 Å². The Labute approximate surface area is 482 Å². The smallest absolute Gasteiger partial charge is 0.410 e. The van der Waals surface area contributed by atoms with Gasteiger partial charge in [0.05, 0.1) is 48.3 Å². The number of carbonyl (C=O) groups excluding carboxylic acids is 1. The van der Waals surface area contributed by atoms with Gasteiger partial charge in [0.15, 0.2) is 0 Å². The monoisotopic (exact) mass is 1130 g/mol. The van der Waals surface area contributed by atoms with E-state index in [0.717, 1.165) is 76.5 Å². The van der Waals surface area contributed by atoms with E-state index in [1.54, 1.807) is 20.4 Å². The summed E-state index contributed by atoms with van der Waals surface area (Å²) in [6.07, 6.45) is 4.43. The maximum atomic E-state index is 17.3. The highest BCUT2D eigenvalue weighted by atomic mass is 28.3. The number of piperazine rings is 1. The molecule has 4 aliphatic heterocycles. The summed E-state index contributed by atoms with van der Waals surface area (Å²) in [6, 6.07) is 23.5. The van der Waals surface area contributed by atoms with E-state index >= 15 is 8.78 Å². The average molecular weight is 1130 g/mol. The van der Waals surface area contributed by atoms with Gasteiger partial charge in [0.1, 0.15) is 72.4 Å². The predicted octanol–water partition coefficient (Wildman–Crippen LogP) is 13.2. The molecule has 0 aliphatic carbocycles. The van der Waals surface area contributed by atoms with Gasteiger partial charge in [0.2, 0.25) is 0 Å². The number of anilines is 2. The van der Waals surface area contributed by atoms with E-state index < -0.39 is 31.2 Å². The van der Waals surface area contributed by atoms with Crippen molar-refractivity contribution in [2.75, 3.05) is 56.8 Å².